The molecule has 0 radical (unpaired) electrons. The standard InChI is InChI=1S/C33H38O3/c1-9-16-34-30-14-12-27(19-23(30)4)33(8,28-13-15-31(24(5)20-28)35-17-10-2)29-21-25(6)32(26(7)22-29)36-18-11-3/h9-15,19-22H,1-3,16-18H2,4-8H3. The van der Waals surface area contributed by atoms with E-state index in [1.54, 1.807) is 18.2 Å². The van der Waals surface area contributed by atoms with Crippen LogP contribution < -0.4 is 14.2 Å². The van der Waals surface area contributed by atoms with Crippen molar-refractivity contribution in [2.24, 2.45) is 0 Å². The van der Waals surface area contributed by atoms with Gasteiger partial charge in [0.05, 0.1) is 0 Å². The SMILES string of the molecule is C=CCOc1ccc(C(C)(c2ccc(OCC=C)c(C)c2)c2cc(C)c(OCC=C)c(C)c2)cc1C. The Kier molecular flexibility index (Phi) is 8.82. The van der Waals surface area contributed by atoms with Crippen LogP contribution >= 0.6 is 0 Å². The van der Waals surface area contributed by atoms with E-state index in [-0.39, 0.29) is 0 Å². The van der Waals surface area contributed by atoms with E-state index in [9.17, 15) is 0 Å². The molecule has 3 heteroatoms. The molecule has 3 aromatic carbocycles. The molecule has 0 spiro atoms. The highest BCUT2D eigenvalue weighted by Gasteiger charge is 2.33. The molecule has 0 heterocycles. The second-order valence-corrected chi connectivity index (χ2v) is 9.32. The highest BCUT2D eigenvalue weighted by molar-refractivity contribution is 5.57. The first-order valence-electron chi connectivity index (χ1n) is 12.3. The maximum absolute atomic E-state index is 5.97. The smallest absolute Gasteiger partial charge is 0.125 e. The van der Waals surface area contributed by atoms with Gasteiger partial charge in [0.15, 0.2) is 0 Å². The Bertz CT molecular complexity index is 1170. The van der Waals surface area contributed by atoms with Crippen LogP contribution in [-0.2, 0) is 5.41 Å². The first kappa shape index (κ1) is 26.9. The lowest BCUT2D eigenvalue weighted by Gasteiger charge is -2.34. The molecule has 0 aliphatic carbocycles. The Hall–Kier alpha value is -3.72. The van der Waals surface area contributed by atoms with Crippen LogP contribution in [0.1, 0.15) is 45.9 Å². The van der Waals surface area contributed by atoms with Crippen molar-refractivity contribution in [3.8, 4) is 17.2 Å². The largest absolute Gasteiger partial charge is 0.489 e. The molecule has 0 atom stereocenters. The molecule has 3 rings (SSSR count). The van der Waals surface area contributed by atoms with Crippen LogP contribution in [0.25, 0.3) is 0 Å². The fraction of sp³-hybridized carbons (Fsp3) is 0.273. The summed E-state index contributed by atoms with van der Waals surface area (Å²) >= 11 is 0. The minimum Gasteiger partial charge on any atom is -0.489 e. The molecule has 0 fully saturated rings. The van der Waals surface area contributed by atoms with Crippen molar-refractivity contribution in [3.63, 3.8) is 0 Å². The fourth-order valence-electron chi connectivity index (χ4n) is 4.65. The first-order chi connectivity index (χ1) is 17.3. The molecule has 0 N–H and O–H groups in total. The van der Waals surface area contributed by atoms with E-state index in [0.717, 1.165) is 39.5 Å². The minimum atomic E-state index is -0.421. The van der Waals surface area contributed by atoms with Gasteiger partial charge in [0, 0.05) is 5.41 Å². The van der Waals surface area contributed by atoms with Gasteiger partial charge in [-0.2, -0.15) is 0 Å². The lowest BCUT2D eigenvalue weighted by molar-refractivity contribution is 0.357. The number of hydrogen-bond donors (Lipinski definition) is 0. The van der Waals surface area contributed by atoms with Crippen LogP contribution in [0.5, 0.6) is 17.2 Å². The van der Waals surface area contributed by atoms with Crippen LogP contribution in [-0.4, -0.2) is 19.8 Å². The molecular formula is C33H38O3. The molecule has 3 nitrogen and oxygen atoms in total. The van der Waals surface area contributed by atoms with E-state index < -0.39 is 5.41 Å². The Labute approximate surface area is 216 Å². The van der Waals surface area contributed by atoms with Gasteiger partial charge in [-0.3, -0.25) is 0 Å². The molecule has 0 bridgehead atoms. The Morgan fingerprint density at radius 2 is 0.972 bits per heavy atom. The summed E-state index contributed by atoms with van der Waals surface area (Å²) in [5.41, 5.74) is 7.52. The van der Waals surface area contributed by atoms with Gasteiger partial charge in [0.2, 0.25) is 0 Å². The van der Waals surface area contributed by atoms with Gasteiger partial charge in [-0.25, -0.2) is 0 Å². The molecule has 36 heavy (non-hydrogen) atoms. The van der Waals surface area contributed by atoms with Crippen molar-refractivity contribution in [3.05, 3.63) is 125 Å². The lowest BCUT2D eigenvalue weighted by Crippen LogP contribution is -2.26. The number of rotatable bonds is 12. The fourth-order valence-corrected chi connectivity index (χ4v) is 4.65. The molecule has 0 saturated carbocycles. The Morgan fingerprint density at radius 1 is 0.583 bits per heavy atom. The van der Waals surface area contributed by atoms with Crippen LogP contribution in [0, 0.1) is 27.7 Å². The van der Waals surface area contributed by atoms with E-state index >= 15 is 0 Å². The monoisotopic (exact) mass is 482 g/mol. The second-order valence-electron chi connectivity index (χ2n) is 9.32. The van der Waals surface area contributed by atoms with Crippen LogP contribution in [0.15, 0.2) is 86.5 Å². The number of benzene rings is 3. The van der Waals surface area contributed by atoms with Crippen molar-refractivity contribution < 1.29 is 14.2 Å². The van der Waals surface area contributed by atoms with Crippen LogP contribution in [0.2, 0.25) is 0 Å². The quantitative estimate of drug-likeness (QED) is 0.193. The molecule has 3 aromatic rings. The van der Waals surface area contributed by atoms with Crippen molar-refractivity contribution in [1.82, 2.24) is 0 Å². The summed E-state index contributed by atoms with van der Waals surface area (Å²) in [5.74, 6) is 2.64. The summed E-state index contributed by atoms with van der Waals surface area (Å²) in [6.45, 7) is 23.4. The Morgan fingerprint density at radius 3 is 1.36 bits per heavy atom. The highest BCUT2D eigenvalue weighted by atomic mass is 16.5. The average molecular weight is 483 g/mol. The predicted molar refractivity (Wildman–Crippen MR) is 151 cm³/mol. The molecule has 0 saturated heterocycles. The van der Waals surface area contributed by atoms with E-state index in [1.165, 1.54) is 16.7 Å². The van der Waals surface area contributed by atoms with Crippen LogP contribution in [0.4, 0.5) is 0 Å². The van der Waals surface area contributed by atoms with E-state index in [2.05, 4.69) is 103 Å². The first-order valence-corrected chi connectivity index (χ1v) is 12.3. The second kappa shape index (κ2) is 11.8. The predicted octanol–water partition coefficient (Wildman–Crippen LogP) is 7.97. The van der Waals surface area contributed by atoms with Crippen LogP contribution in [0.3, 0.4) is 0 Å². The summed E-state index contributed by atoms with van der Waals surface area (Å²) in [6, 6.07) is 17.4. The highest BCUT2D eigenvalue weighted by Crippen LogP contribution is 2.43. The summed E-state index contributed by atoms with van der Waals surface area (Å²) in [6.07, 6.45) is 5.30. The maximum atomic E-state index is 5.97. The van der Waals surface area contributed by atoms with Gasteiger partial charge in [-0.1, -0.05) is 74.4 Å². The zero-order valence-electron chi connectivity index (χ0n) is 22.3. The number of aryl methyl sites for hydroxylation is 4. The van der Waals surface area contributed by atoms with Crippen molar-refractivity contribution in [2.75, 3.05) is 19.8 Å². The van der Waals surface area contributed by atoms with Gasteiger partial charge in [-0.15, -0.1) is 0 Å². The molecule has 0 aliphatic rings. The molecule has 0 aromatic heterocycles. The minimum absolute atomic E-state index is 0.421. The van der Waals surface area contributed by atoms with E-state index in [4.69, 9.17) is 14.2 Å². The van der Waals surface area contributed by atoms with Gasteiger partial charge in [0.25, 0.3) is 0 Å². The average Bonchev–Trinajstić information content (AvgIpc) is 2.86. The van der Waals surface area contributed by atoms with Crippen molar-refractivity contribution in [2.45, 2.75) is 40.0 Å². The molecule has 0 amide bonds. The normalized spacial score (nSPS) is 11.0. The van der Waals surface area contributed by atoms with Gasteiger partial charge in [0.1, 0.15) is 37.1 Å². The topological polar surface area (TPSA) is 27.7 Å². The van der Waals surface area contributed by atoms with Crippen molar-refractivity contribution >= 4 is 0 Å². The Balaban J connectivity index is 2.21. The molecule has 0 aliphatic heterocycles. The third kappa shape index (κ3) is 5.57. The van der Waals surface area contributed by atoms with Gasteiger partial charge < -0.3 is 14.2 Å². The third-order valence-corrected chi connectivity index (χ3v) is 6.60. The number of hydrogen-bond acceptors (Lipinski definition) is 3. The summed E-state index contributed by atoms with van der Waals surface area (Å²) in [7, 11) is 0. The number of ether oxygens (including phenoxy) is 3. The van der Waals surface area contributed by atoms with E-state index in [1.807, 2.05) is 0 Å². The lowest BCUT2D eigenvalue weighted by atomic mass is 9.70. The maximum Gasteiger partial charge on any atom is 0.125 e. The molecule has 188 valence electrons. The third-order valence-electron chi connectivity index (χ3n) is 6.60. The summed E-state index contributed by atoms with van der Waals surface area (Å²) in [5, 5.41) is 0. The summed E-state index contributed by atoms with van der Waals surface area (Å²) in [4.78, 5) is 0. The van der Waals surface area contributed by atoms with Gasteiger partial charge in [-0.05, 0) is 85.7 Å². The van der Waals surface area contributed by atoms with Gasteiger partial charge >= 0.3 is 0 Å². The molecule has 0 unspecified atom stereocenters. The van der Waals surface area contributed by atoms with E-state index in [0.29, 0.717) is 19.8 Å². The zero-order valence-corrected chi connectivity index (χ0v) is 22.3. The molecular weight excluding hydrogens is 444 g/mol. The van der Waals surface area contributed by atoms with Crippen molar-refractivity contribution in [1.29, 1.82) is 0 Å². The summed E-state index contributed by atoms with van der Waals surface area (Å²) < 4.78 is 17.7. The zero-order chi connectivity index (χ0) is 26.3.